The van der Waals surface area contributed by atoms with Gasteiger partial charge in [-0.25, -0.2) is 0 Å². The van der Waals surface area contributed by atoms with Crippen LogP contribution in [-0.2, 0) is 9.53 Å². The van der Waals surface area contributed by atoms with Gasteiger partial charge in [-0.1, -0.05) is 0 Å². The summed E-state index contributed by atoms with van der Waals surface area (Å²) in [5.41, 5.74) is 5.41. The zero-order valence-corrected chi connectivity index (χ0v) is 6.17. The van der Waals surface area contributed by atoms with Gasteiger partial charge in [0.25, 0.3) is 0 Å². The first-order chi connectivity index (χ1) is 4.79. The van der Waals surface area contributed by atoms with Gasteiger partial charge in [0, 0.05) is 0 Å². The highest BCUT2D eigenvalue weighted by Gasteiger charge is 2.35. The molecule has 1 saturated carbocycles. The van der Waals surface area contributed by atoms with Crippen LogP contribution in [-0.4, -0.2) is 19.6 Å². The molecule has 0 radical (unpaired) electrons. The molecule has 0 spiro atoms. The Bertz CT molecular complexity index is 134. The highest BCUT2D eigenvalue weighted by molar-refractivity contribution is 5.73. The summed E-state index contributed by atoms with van der Waals surface area (Å²) < 4.78 is 4.59. The molecule has 0 amide bonds. The van der Waals surface area contributed by atoms with Crippen LogP contribution in [0.4, 0.5) is 0 Å². The minimum absolute atomic E-state index is 0.0926. The lowest BCUT2D eigenvalue weighted by molar-refractivity contribution is -0.151. The number of rotatable bonds is 2. The molecule has 0 heterocycles. The normalized spacial score (nSPS) is 31.0. The molecule has 3 heteroatoms. The third kappa shape index (κ3) is 1.14. The van der Waals surface area contributed by atoms with E-state index in [1.807, 2.05) is 0 Å². The fraction of sp³-hybridized carbons (Fsp3) is 0.857. The summed E-state index contributed by atoms with van der Waals surface area (Å²) in [6.07, 6.45) is 2.03. The standard InChI is InChI=1S/C7H13NO2/c1-10-7(9)6-3-2-5(6)4-8/h5-6H,2-4,8H2,1H3/t5-,6+/m1/s1. The molecule has 2 atom stereocenters. The predicted octanol–water partition coefficient (Wildman–Crippen LogP) is 0.144. The van der Waals surface area contributed by atoms with Crippen molar-refractivity contribution in [1.82, 2.24) is 0 Å². The van der Waals surface area contributed by atoms with Gasteiger partial charge in [-0.05, 0) is 25.3 Å². The van der Waals surface area contributed by atoms with E-state index in [4.69, 9.17) is 5.73 Å². The molecule has 0 saturated heterocycles. The minimum Gasteiger partial charge on any atom is -0.469 e. The van der Waals surface area contributed by atoms with E-state index in [1.54, 1.807) is 0 Å². The summed E-state index contributed by atoms with van der Waals surface area (Å²) in [5, 5.41) is 0. The smallest absolute Gasteiger partial charge is 0.308 e. The zero-order valence-electron chi connectivity index (χ0n) is 6.17. The van der Waals surface area contributed by atoms with Crippen LogP contribution in [0, 0.1) is 11.8 Å². The third-order valence-corrected chi connectivity index (χ3v) is 2.22. The van der Waals surface area contributed by atoms with E-state index in [9.17, 15) is 4.79 Å². The molecular formula is C7H13NO2. The number of hydrogen-bond acceptors (Lipinski definition) is 3. The van der Waals surface area contributed by atoms with Crippen LogP contribution in [0.2, 0.25) is 0 Å². The highest BCUT2D eigenvalue weighted by atomic mass is 16.5. The molecule has 10 heavy (non-hydrogen) atoms. The average molecular weight is 143 g/mol. The first-order valence-electron chi connectivity index (χ1n) is 3.57. The van der Waals surface area contributed by atoms with Crippen LogP contribution >= 0.6 is 0 Å². The van der Waals surface area contributed by atoms with Crippen LogP contribution in [0.5, 0.6) is 0 Å². The molecule has 0 bridgehead atoms. The maximum absolute atomic E-state index is 10.9. The summed E-state index contributed by atoms with van der Waals surface area (Å²) >= 11 is 0. The topological polar surface area (TPSA) is 52.3 Å². The monoisotopic (exact) mass is 143 g/mol. The van der Waals surface area contributed by atoms with E-state index in [0.717, 1.165) is 12.8 Å². The van der Waals surface area contributed by atoms with Crippen molar-refractivity contribution in [2.24, 2.45) is 17.6 Å². The molecule has 0 unspecified atom stereocenters. The second-order valence-electron chi connectivity index (χ2n) is 2.70. The molecule has 58 valence electrons. The van der Waals surface area contributed by atoms with Gasteiger partial charge in [0.1, 0.15) is 0 Å². The molecular weight excluding hydrogens is 130 g/mol. The number of ether oxygens (including phenoxy) is 1. The van der Waals surface area contributed by atoms with Gasteiger partial charge in [0.2, 0.25) is 0 Å². The van der Waals surface area contributed by atoms with Crippen LogP contribution in [0.15, 0.2) is 0 Å². The van der Waals surface area contributed by atoms with Gasteiger partial charge in [0.05, 0.1) is 13.0 Å². The van der Waals surface area contributed by atoms with Crippen molar-refractivity contribution in [2.75, 3.05) is 13.7 Å². The van der Waals surface area contributed by atoms with Gasteiger partial charge in [-0.15, -0.1) is 0 Å². The van der Waals surface area contributed by atoms with Crippen LogP contribution in [0.25, 0.3) is 0 Å². The largest absolute Gasteiger partial charge is 0.469 e. The summed E-state index contributed by atoms with van der Waals surface area (Å²) in [5.74, 6) is 0.379. The zero-order chi connectivity index (χ0) is 7.56. The van der Waals surface area contributed by atoms with Crippen molar-refractivity contribution in [3.63, 3.8) is 0 Å². The maximum atomic E-state index is 10.9. The Morgan fingerprint density at radius 2 is 2.40 bits per heavy atom. The number of nitrogens with two attached hydrogens (primary N) is 1. The Morgan fingerprint density at radius 3 is 2.70 bits per heavy atom. The van der Waals surface area contributed by atoms with Gasteiger partial charge >= 0.3 is 5.97 Å². The van der Waals surface area contributed by atoms with Gasteiger partial charge in [0.15, 0.2) is 0 Å². The van der Waals surface area contributed by atoms with E-state index in [0.29, 0.717) is 12.5 Å². The Balaban J connectivity index is 2.35. The molecule has 0 aliphatic heterocycles. The number of hydrogen-bond donors (Lipinski definition) is 1. The van der Waals surface area contributed by atoms with Crippen LogP contribution in [0.1, 0.15) is 12.8 Å². The first-order valence-corrected chi connectivity index (χ1v) is 3.57. The predicted molar refractivity (Wildman–Crippen MR) is 37.3 cm³/mol. The van der Waals surface area contributed by atoms with E-state index in [-0.39, 0.29) is 11.9 Å². The van der Waals surface area contributed by atoms with Crippen molar-refractivity contribution < 1.29 is 9.53 Å². The second kappa shape index (κ2) is 3.01. The van der Waals surface area contributed by atoms with Crippen molar-refractivity contribution in [3.8, 4) is 0 Å². The van der Waals surface area contributed by atoms with E-state index < -0.39 is 0 Å². The van der Waals surface area contributed by atoms with E-state index in [2.05, 4.69) is 4.74 Å². The van der Waals surface area contributed by atoms with Gasteiger partial charge < -0.3 is 10.5 Å². The van der Waals surface area contributed by atoms with Crippen LogP contribution in [0.3, 0.4) is 0 Å². The number of esters is 1. The maximum Gasteiger partial charge on any atom is 0.308 e. The molecule has 2 N–H and O–H groups in total. The molecule has 1 aliphatic carbocycles. The molecule has 1 aliphatic rings. The van der Waals surface area contributed by atoms with E-state index in [1.165, 1.54) is 7.11 Å². The van der Waals surface area contributed by atoms with Crippen molar-refractivity contribution >= 4 is 5.97 Å². The van der Waals surface area contributed by atoms with Crippen molar-refractivity contribution in [1.29, 1.82) is 0 Å². The molecule has 0 aromatic rings. The summed E-state index contributed by atoms with van der Waals surface area (Å²) in [6, 6.07) is 0. The summed E-state index contributed by atoms with van der Waals surface area (Å²) in [6.45, 7) is 0.611. The fourth-order valence-corrected chi connectivity index (χ4v) is 1.31. The Kier molecular flexibility index (Phi) is 2.27. The highest BCUT2D eigenvalue weighted by Crippen LogP contribution is 2.33. The Morgan fingerprint density at radius 1 is 1.70 bits per heavy atom. The molecule has 0 aromatic carbocycles. The fourth-order valence-electron chi connectivity index (χ4n) is 1.31. The minimum atomic E-state index is -0.0956. The second-order valence-corrected chi connectivity index (χ2v) is 2.70. The summed E-state index contributed by atoms with van der Waals surface area (Å²) in [4.78, 5) is 10.9. The lowest BCUT2D eigenvalue weighted by atomic mass is 9.74. The molecule has 1 fully saturated rings. The average Bonchev–Trinajstić information content (AvgIpc) is 1.86. The summed E-state index contributed by atoms with van der Waals surface area (Å²) in [7, 11) is 1.42. The lowest BCUT2D eigenvalue weighted by Gasteiger charge is -2.32. The quantitative estimate of drug-likeness (QED) is 0.559. The van der Waals surface area contributed by atoms with Gasteiger partial charge in [-0.3, -0.25) is 4.79 Å². The molecule has 3 nitrogen and oxygen atoms in total. The number of methoxy groups -OCH3 is 1. The Labute approximate surface area is 60.5 Å². The number of carbonyl (C=O) groups excluding carboxylic acids is 1. The van der Waals surface area contributed by atoms with Crippen molar-refractivity contribution in [2.45, 2.75) is 12.8 Å². The first kappa shape index (κ1) is 7.54. The van der Waals surface area contributed by atoms with Crippen LogP contribution < -0.4 is 5.73 Å². The van der Waals surface area contributed by atoms with Gasteiger partial charge in [-0.2, -0.15) is 0 Å². The third-order valence-electron chi connectivity index (χ3n) is 2.22. The Hall–Kier alpha value is -0.570. The lowest BCUT2D eigenvalue weighted by Crippen LogP contribution is -2.38. The SMILES string of the molecule is COC(=O)[C@H]1CC[C@@H]1CN. The van der Waals surface area contributed by atoms with Crippen molar-refractivity contribution in [3.05, 3.63) is 0 Å². The molecule has 0 aromatic heterocycles. The number of carbonyl (C=O) groups is 1. The molecule has 1 rings (SSSR count). The van der Waals surface area contributed by atoms with E-state index >= 15 is 0 Å².